The van der Waals surface area contributed by atoms with Crippen LogP contribution in [0.5, 0.6) is 5.75 Å². The van der Waals surface area contributed by atoms with Gasteiger partial charge in [-0.3, -0.25) is 14.4 Å². The molecule has 0 fully saturated rings. The second-order valence-corrected chi connectivity index (χ2v) is 5.94. The number of carboxylic acids is 1. The van der Waals surface area contributed by atoms with E-state index in [1.807, 2.05) is 5.32 Å². The predicted octanol–water partition coefficient (Wildman–Crippen LogP) is 1.85. The highest BCUT2D eigenvalue weighted by Crippen LogP contribution is 2.28. The molecule has 144 valence electrons. The third kappa shape index (κ3) is 3.54. The molecule has 1 amide bonds. The van der Waals surface area contributed by atoms with Gasteiger partial charge in [0.2, 0.25) is 0 Å². The van der Waals surface area contributed by atoms with Gasteiger partial charge in [-0.05, 0) is 24.3 Å². The average Bonchev–Trinajstić information content (AvgIpc) is 2.65. The van der Waals surface area contributed by atoms with Gasteiger partial charge in [0.15, 0.2) is 0 Å². The van der Waals surface area contributed by atoms with Crippen molar-refractivity contribution in [1.82, 2.24) is 9.88 Å². The molecular formula is C19H14F2N2O5. The standard InChI is InChI=1S/C19H14F2N2O5/c20-11-5-6-14-12(7-11)17(26)16(18(27)22-8-15(24)25)19(28)23(14)9-10-3-1-2-4-13(10)21/h1-7,26H,8-9H2,(H,22,27)(H,24,25). The summed E-state index contributed by atoms with van der Waals surface area (Å²) in [6.07, 6.45) is 0. The molecule has 0 bridgehead atoms. The van der Waals surface area contributed by atoms with E-state index in [1.54, 1.807) is 6.07 Å². The van der Waals surface area contributed by atoms with E-state index < -0.39 is 46.9 Å². The van der Waals surface area contributed by atoms with Gasteiger partial charge in [-0.25, -0.2) is 8.78 Å². The maximum Gasteiger partial charge on any atom is 0.322 e. The number of nitrogens with zero attached hydrogens (tertiary/aromatic N) is 1. The van der Waals surface area contributed by atoms with Crippen molar-refractivity contribution in [1.29, 1.82) is 0 Å². The number of halogens is 2. The molecule has 0 saturated heterocycles. The molecule has 1 heterocycles. The molecule has 0 spiro atoms. The third-order valence-corrected chi connectivity index (χ3v) is 4.11. The molecule has 0 aliphatic rings. The molecule has 0 atom stereocenters. The molecule has 0 unspecified atom stereocenters. The molecule has 9 heteroatoms. The van der Waals surface area contributed by atoms with Gasteiger partial charge >= 0.3 is 5.97 Å². The largest absolute Gasteiger partial charge is 0.506 e. The number of amides is 1. The maximum absolute atomic E-state index is 14.0. The summed E-state index contributed by atoms with van der Waals surface area (Å²) < 4.78 is 28.8. The lowest BCUT2D eigenvalue weighted by atomic mass is 10.1. The van der Waals surface area contributed by atoms with Crippen molar-refractivity contribution in [2.75, 3.05) is 6.54 Å². The summed E-state index contributed by atoms with van der Waals surface area (Å²) >= 11 is 0. The van der Waals surface area contributed by atoms with E-state index in [1.165, 1.54) is 24.3 Å². The number of aromatic hydroxyl groups is 1. The molecule has 28 heavy (non-hydrogen) atoms. The zero-order chi connectivity index (χ0) is 20.4. The zero-order valence-electron chi connectivity index (χ0n) is 14.3. The van der Waals surface area contributed by atoms with Crippen LogP contribution in [0.15, 0.2) is 47.3 Å². The molecule has 1 aromatic heterocycles. The van der Waals surface area contributed by atoms with Crippen LogP contribution in [0.3, 0.4) is 0 Å². The number of nitrogens with one attached hydrogen (secondary N) is 1. The Hall–Kier alpha value is -3.75. The molecule has 2 aromatic carbocycles. The number of rotatable bonds is 5. The highest BCUT2D eigenvalue weighted by Gasteiger charge is 2.23. The molecule has 0 aliphatic carbocycles. The quantitative estimate of drug-likeness (QED) is 0.618. The van der Waals surface area contributed by atoms with Gasteiger partial charge < -0.3 is 20.1 Å². The first kappa shape index (κ1) is 19.0. The number of aliphatic carboxylic acids is 1. The van der Waals surface area contributed by atoms with Crippen molar-refractivity contribution in [2.45, 2.75) is 6.54 Å². The minimum absolute atomic E-state index is 0.0851. The summed E-state index contributed by atoms with van der Waals surface area (Å²) in [5.74, 6) is -4.60. The lowest BCUT2D eigenvalue weighted by Gasteiger charge is -2.15. The molecule has 0 radical (unpaired) electrons. The SMILES string of the molecule is O=C(O)CNC(=O)c1c(O)c2cc(F)ccc2n(Cc2ccccc2F)c1=O. The Kier molecular flexibility index (Phi) is 5.08. The normalized spacial score (nSPS) is 10.8. The summed E-state index contributed by atoms with van der Waals surface area (Å²) in [5, 5.41) is 20.9. The second-order valence-electron chi connectivity index (χ2n) is 5.94. The number of pyridine rings is 1. The molecule has 3 aromatic rings. The molecule has 7 nitrogen and oxygen atoms in total. The van der Waals surface area contributed by atoms with Crippen LogP contribution in [0, 0.1) is 11.6 Å². The van der Waals surface area contributed by atoms with Crippen LogP contribution in [0.1, 0.15) is 15.9 Å². The van der Waals surface area contributed by atoms with E-state index in [9.17, 15) is 28.3 Å². The van der Waals surface area contributed by atoms with Crippen molar-refractivity contribution < 1.29 is 28.6 Å². The molecule has 0 saturated carbocycles. The third-order valence-electron chi connectivity index (χ3n) is 4.11. The van der Waals surface area contributed by atoms with E-state index in [-0.39, 0.29) is 23.0 Å². The van der Waals surface area contributed by atoms with E-state index in [2.05, 4.69) is 0 Å². The first-order valence-electron chi connectivity index (χ1n) is 8.08. The maximum atomic E-state index is 14.0. The van der Waals surface area contributed by atoms with E-state index >= 15 is 0 Å². The fourth-order valence-corrected chi connectivity index (χ4v) is 2.82. The Morgan fingerprint density at radius 1 is 1.11 bits per heavy atom. The van der Waals surface area contributed by atoms with Crippen LogP contribution in [0.25, 0.3) is 10.9 Å². The lowest BCUT2D eigenvalue weighted by Crippen LogP contribution is -2.36. The second kappa shape index (κ2) is 7.47. The average molecular weight is 388 g/mol. The van der Waals surface area contributed by atoms with Gasteiger partial charge in [-0.15, -0.1) is 0 Å². The highest BCUT2D eigenvalue weighted by atomic mass is 19.1. The fraction of sp³-hybridized carbons (Fsp3) is 0.105. The van der Waals surface area contributed by atoms with Gasteiger partial charge in [0.1, 0.15) is 29.5 Å². The smallest absolute Gasteiger partial charge is 0.322 e. The zero-order valence-corrected chi connectivity index (χ0v) is 14.3. The Bertz CT molecular complexity index is 1160. The molecule has 3 rings (SSSR count). The minimum atomic E-state index is -1.36. The number of fused-ring (bicyclic) bond motifs is 1. The van der Waals surface area contributed by atoms with Crippen LogP contribution in [0.4, 0.5) is 8.78 Å². The Balaban J connectivity index is 2.24. The number of hydrogen-bond donors (Lipinski definition) is 3. The Morgan fingerprint density at radius 2 is 1.82 bits per heavy atom. The summed E-state index contributed by atoms with van der Waals surface area (Å²) in [7, 11) is 0. The van der Waals surface area contributed by atoms with Crippen LogP contribution in [-0.2, 0) is 11.3 Å². The van der Waals surface area contributed by atoms with E-state index in [0.29, 0.717) is 0 Å². The number of carboxylic acid groups (broad SMARTS) is 1. The Labute approximate surface area is 156 Å². The van der Waals surface area contributed by atoms with Crippen molar-refractivity contribution in [3.8, 4) is 5.75 Å². The highest BCUT2D eigenvalue weighted by molar-refractivity contribution is 6.03. The lowest BCUT2D eigenvalue weighted by molar-refractivity contribution is -0.135. The number of benzene rings is 2. The summed E-state index contributed by atoms with van der Waals surface area (Å²) in [4.78, 5) is 35.8. The number of aromatic nitrogens is 1. The van der Waals surface area contributed by atoms with Crippen molar-refractivity contribution in [3.05, 3.63) is 75.6 Å². The molecule has 0 aliphatic heterocycles. The van der Waals surface area contributed by atoms with Gasteiger partial charge in [0, 0.05) is 10.9 Å². The van der Waals surface area contributed by atoms with E-state index in [4.69, 9.17) is 5.11 Å². The number of carbonyl (C=O) groups excluding carboxylic acids is 1. The first-order valence-corrected chi connectivity index (χ1v) is 8.08. The van der Waals surface area contributed by atoms with E-state index in [0.717, 1.165) is 16.7 Å². The van der Waals surface area contributed by atoms with Gasteiger partial charge in [0.05, 0.1) is 12.1 Å². The summed E-state index contributed by atoms with van der Waals surface area (Å²) in [6, 6.07) is 8.88. The Morgan fingerprint density at radius 3 is 2.50 bits per heavy atom. The predicted molar refractivity (Wildman–Crippen MR) is 95.3 cm³/mol. The summed E-state index contributed by atoms with van der Waals surface area (Å²) in [6.45, 7) is -1.07. The van der Waals surface area contributed by atoms with Crippen LogP contribution >= 0.6 is 0 Å². The van der Waals surface area contributed by atoms with Crippen LogP contribution in [0.2, 0.25) is 0 Å². The molecule has 3 N–H and O–H groups in total. The van der Waals surface area contributed by atoms with Gasteiger partial charge in [-0.1, -0.05) is 18.2 Å². The van der Waals surface area contributed by atoms with Crippen LogP contribution in [-0.4, -0.2) is 33.2 Å². The first-order chi connectivity index (χ1) is 13.3. The minimum Gasteiger partial charge on any atom is -0.506 e. The van der Waals surface area contributed by atoms with Gasteiger partial charge in [-0.2, -0.15) is 0 Å². The van der Waals surface area contributed by atoms with Gasteiger partial charge in [0.25, 0.3) is 11.5 Å². The van der Waals surface area contributed by atoms with Crippen LogP contribution < -0.4 is 10.9 Å². The number of carbonyl (C=O) groups is 2. The number of hydrogen-bond acceptors (Lipinski definition) is 4. The fourth-order valence-electron chi connectivity index (χ4n) is 2.82. The monoisotopic (exact) mass is 388 g/mol. The van der Waals surface area contributed by atoms with Crippen molar-refractivity contribution >= 4 is 22.8 Å². The topological polar surface area (TPSA) is 109 Å². The van der Waals surface area contributed by atoms with Crippen molar-refractivity contribution in [3.63, 3.8) is 0 Å². The van der Waals surface area contributed by atoms with Crippen molar-refractivity contribution in [2.24, 2.45) is 0 Å². The molecular weight excluding hydrogens is 374 g/mol. The summed E-state index contributed by atoms with van der Waals surface area (Å²) in [5.41, 5.74) is -1.50.